The van der Waals surface area contributed by atoms with Gasteiger partial charge in [0.2, 0.25) is 0 Å². The fourth-order valence-electron chi connectivity index (χ4n) is 5.32. The van der Waals surface area contributed by atoms with Gasteiger partial charge in [0.25, 0.3) is 5.91 Å². The Bertz CT molecular complexity index is 1240. The predicted molar refractivity (Wildman–Crippen MR) is 140 cm³/mol. The van der Waals surface area contributed by atoms with E-state index in [9.17, 15) is 9.59 Å². The number of carbonyl (C=O) groups excluding carboxylic acids is 2. The van der Waals surface area contributed by atoms with Crippen LogP contribution in [0.2, 0.25) is 0 Å². The normalized spacial score (nSPS) is 14.7. The molecule has 1 unspecified atom stereocenters. The van der Waals surface area contributed by atoms with Gasteiger partial charge in [-0.15, -0.1) is 0 Å². The van der Waals surface area contributed by atoms with E-state index in [1.54, 1.807) is 0 Å². The third-order valence-corrected chi connectivity index (χ3v) is 7.18. The first kappa shape index (κ1) is 28.0. The first-order valence-corrected chi connectivity index (χ1v) is 12.7. The predicted octanol–water partition coefficient (Wildman–Crippen LogP) is 2.50. The quantitative estimate of drug-likeness (QED) is 0.311. The SMILES string of the molecule is Cc1cc2c(cc1C)C(=O)C(Cc1cc[n+](Cc3ccccc3)cc1C(=O)N(C(C)C)C(C)C)C2.[I-]. The van der Waals surface area contributed by atoms with Crippen LogP contribution in [0.15, 0.2) is 60.9 Å². The summed E-state index contributed by atoms with van der Waals surface area (Å²) in [5, 5.41) is 0. The number of hydrogen-bond donors (Lipinski definition) is 0. The van der Waals surface area contributed by atoms with E-state index >= 15 is 0 Å². The summed E-state index contributed by atoms with van der Waals surface area (Å²) in [5.74, 6) is 0.100. The Morgan fingerprint density at radius 2 is 1.64 bits per heavy atom. The molecule has 1 aromatic heterocycles. The van der Waals surface area contributed by atoms with Crippen molar-refractivity contribution in [3.8, 4) is 0 Å². The Morgan fingerprint density at radius 1 is 1.00 bits per heavy atom. The van der Waals surface area contributed by atoms with Gasteiger partial charge in [-0.1, -0.05) is 36.4 Å². The number of nitrogens with zero attached hydrogens (tertiary/aromatic N) is 2. The summed E-state index contributed by atoms with van der Waals surface area (Å²) >= 11 is 0. The molecule has 2 aromatic carbocycles. The summed E-state index contributed by atoms with van der Waals surface area (Å²) < 4.78 is 2.07. The van der Waals surface area contributed by atoms with Crippen LogP contribution in [-0.4, -0.2) is 28.7 Å². The van der Waals surface area contributed by atoms with Crippen molar-refractivity contribution in [1.82, 2.24) is 4.90 Å². The second-order valence-corrected chi connectivity index (χ2v) is 10.5. The molecular formula is C31H37IN2O2. The van der Waals surface area contributed by atoms with Crippen LogP contribution in [0.25, 0.3) is 0 Å². The van der Waals surface area contributed by atoms with E-state index in [2.05, 4.69) is 64.3 Å². The summed E-state index contributed by atoms with van der Waals surface area (Å²) in [6.07, 6.45) is 5.32. The lowest BCUT2D eigenvalue weighted by Gasteiger charge is -2.31. The minimum absolute atomic E-state index is 0. The molecule has 4 rings (SSSR count). The van der Waals surface area contributed by atoms with E-state index in [0.717, 1.165) is 28.7 Å². The van der Waals surface area contributed by atoms with Gasteiger partial charge >= 0.3 is 0 Å². The van der Waals surface area contributed by atoms with Crippen molar-refractivity contribution in [3.05, 3.63) is 99.9 Å². The van der Waals surface area contributed by atoms with Crippen molar-refractivity contribution < 1.29 is 38.1 Å². The molecule has 0 saturated heterocycles. The number of fused-ring (bicyclic) bond motifs is 1. The van der Waals surface area contributed by atoms with Crippen LogP contribution in [0.1, 0.15) is 76.2 Å². The first-order valence-electron chi connectivity index (χ1n) is 12.7. The molecule has 190 valence electrons. The van der Waals surface area contributed by atoms with E-state index < -0.39 is 0 Å². The number of aromatic nitrogens is 1. The maximum atomic E-state index is 13.8. The molecule has 0 fully saturated rings. The molecule has 3 aromatic rings. The fraction of sp³-hybridized carbons (Fsp3) is 0.387. The summed E-state index contributed by atoms with van der Waals surface area (Å²) in [6, 6.07) is 16.7. The number of halogens is 1. The van der Waals surface area contributed by atoms with Crippen LogP contribution < -0.4 is 28.5 Å². The van der Waals surface area contributed by atoms with Gasteiger partial charge in [-0.3, -0.25) is 9.59 Å². The van der Waals surface area contributed by atoms with Crippen LogP contribution >= 0.6 is 0 Å². The number of rotatable bonds is 7. The second-order valence-electron chi connectivity index (χ2n) is 10.5. The molecule has 1 amide bonds. The number of Topliss-reactive ketones (excluding diaryl/α,β-unsaturated/α-hetero) is 1. The topological polar surface area (TPSA) is 41.3 Å². The lowest BCUT2D eigenvalue weighted by Crippen LogP contribution is -3.00. The van der Waals surface area contributed by atoms with Crippen LogP contribution in [0.5, 0.6) is 0 Å². The Kier molecular flexibility index (Phi) is 9.09. The van der Waals surface area contributed by atoms with Gasteiger partial charge in [0.15, 0.2) is 24.7 Å². The fourth-order valence-corrected chi connectivity index (χ4v) is 5.32. The van der Waals surface area contributed by atoms with Gasteiger partial charge in [0.05, 0.1) is 0 Å². The Balaban J connectivity index is 0.00000361. The number of ketones is 1. The Labute approximate surface area is 232 Å². The molecule has 0 spiro atoms. The summed E-state index contributed by atoms with van der Waals surface area (Å²) in [5.41, 5.74) is 7.19. The molecule has 1 aliphatic carbocycles. The lowest BCUT2D eigenvalue weighted by atomic mass is 9.93. The van der Waals surface area contributed by atoms with Crippen LogP contribution in [0, 0.1) is 19.8 Å². The number of amides is 1. The molecule has 0 radical (unpaired) electrons. The zero-order valence-corrected chi connectivity index (χ0v) is 24.4. The third-order valence-electron chi connectivity index (χ3n) is 7.18. The summed E-state index contributed by atoms with van der Waals surface area (Å²) in [4.78, 5) is 29.1. The van der Waals surface area contributed by atoms with Crippen molar-refractivity contribution in [1.29, 1.82) is 0 Å². The molecule has 0 saturated carbocycles. The minimum atomic E-state index is -0.130. The van der Waals surface area contributed by atoms with Gasteiger partial charge in [0, 0.05) is 35.2 Å². The average molecular weight is 597 g/mol. The zero-order valence-electron chi connectivity index (χ0n) is 22.2. The summed E-state index contributed by atoms with van der Waals surface area (Å²) in [7, 11) is 0. The van der Waals surface area contributed by atoms with Crippen molar-refractivity contribution in [3.63, 3.8) is 0 Å². The highest BCUT2D eigenvalue weighted by molar-refractivity contribution is 6.03. The van der Waals surface area contributed by atoms with Gasteiger partial charge < -0.3 is 28.9 Å². The standard InChI is InChI=1S/C31H37N2O2.HI/c1-20(2)33(21(3)4)31(35)29-19-32(18-24-10-8-7-9-11-24)13-12-25(29)16-27-17-26-14-22(5)23(6)15-28(26)30(27)34;/h7-15,19-21,27H,16-18H2,1-6H3;1H/q+1;/p-1. The van der Waals surface area contributed by atoms with Crippen LogP contribution in [0.3, 0.4) is 0 Å². The molecular weight excluding hydrogens is 559 g/mol. The Morgan fingerprint density at radius 3 is 2.28 bits per heavy atom. The lowest BCUT2D eigenvalue weighted by molar-refractivity contribution is -0.688. The number of hydrogen-bond acceptors (Lipinski definition) is 2. The zero-order chi connectivity index (χ0) is 25.3. The molecule has 1 aliphatic rings. The second kappa shape index (κ2) is 11.7. The molecule has 4 nitrogen and oxygen atoms in total. The number of pyridine rings is 1. The minimum Gasteiger partial charge on any atom is -1.00 e. The number of benzene rings is 2. The molecule has 5 heteroatoms. The first-order chi connectivity index (χ1) is 16.7. The van der Waals surface area contributed by atoms with Gasteiger partial charge in [-0.25, -0.2) is 0 Å². The summed E-state index contributed by atoms with van der Waals surface area (Å²) in [6.45, 7) is 13.1. The highest BCUT2D eigenvalue weighted by Crippen LogP contribution is 2.32. The van der Waals surface area contributed by atoms with E-state index in [1.165, 1.54) is 11.1 Å². The van der Waals surface area contributed by atoms with E-state index in [-0.39, 0.29) is 53.7 Å². The maximum Gasteiger partial charge on any atom is 0.260 e. The van der Waals surface area contributed by atoms with Crippen LogP contribution in [0.4, 0.5) is 0 Å². The molecule has 1 atom stereocenters. The molecule has 36 heavy (non-hydrogen) atoms. The smallest absolute Gasteiger partial charge is 0.260 e. The highest BCUT2D eigenvalue weighted by atomic mass is 127. The molecule has 0 bridgehead atoms. The average Bonchev–Trinajstić information content (AvgIpc) is 3.09. The molecule has 0 aliphatic heterocycles. The van der Waals surface area contributed by atoms with E-state index in [4.69, 9.17) is 0 Å². The van der Waals surface area contributed by atoms with Crippen LogP contribution in [-0.2, 0) is 19.4 Å². The van der Waals surface area contributed by atoms with Crippen molar-refractivity contribution in [2.75, 3.05) is 0 Å². The molecule has 0 N–H and O–H groups in total. The highest BCUT2D eigenvalue weighted by Gasteiger charge is 2.33. The number of carbonyl (C=O) groups is 2. The van der Waals surface area contributed by atoms with Crippen molar-refractivity contribution in [2.45, 2.75) is 73.0 Å². The van der Waals surface area contributed by atoms with E-state index in [0.29, 0.717) is 18.5 Å². The van der Waals surface area contributed by atoms with Gasteiger partial charge in [-0.2, -0.15) is 4.57 Å². The number of aryl methyl sites for hydroxylation is 2. The monoisotopic (exact) mass is 596 g/mol. The largest absolute Gasteiger partial charge is 1.00 e. The van der Waals surface area contributed by atoms with Crippen molar-refractivity contribution in [2.24, 2.45) is 5.92 Å². The molecule has 1 heterocycles. The van der Waals surface area contributed by atoms with Gasteiger partial charge in [0.1, 0.15) is 5.56 Å². The van der Waals surface area contributed by atoms with E-state index in [1.807, 2.05) is 47.6 Å². The Hall–Kier alpha value is -2.54. The maximum absolute atomic E-state index is 13.8. The van der Waals surface area contributed by atoms with Crippen molar-refractivity contribution >= 4 is 11.7 Å². The third kappa shape index (κ3) is 5.88. The van der Waals surface area contributed by atoms with Gasteiger partial charge in [-0.05, 0) is 82.7 Å².